The van der Waals surface area contributed by atoms with Gasteiger partial charge in [-0.15, -0.1) is 0 Å². The fourth-order valence-electron chi connectivity index (χ4n) is 3.43. The molecule has 8 nitrogen and oxygen atoms in total. The topological polar surface area (TPSA) is 121 Å². The van der Waals surface area contributed by atoms with Crippen molar-refractivity contribution < 1.29 is 24.5 Å². The van der Waals surface area contributed by atoms with Crippen molar-refractivity contribution in [3.8, 4) is 22.8 Å². The van der Waals surface area contributed by atoms with Crippen molar-refractivity contribution in [2.45, 2.75) is 0 Å². The molecule has 1 aromatic heterocycles. The average Bonchev–Trinajstić information content (AvgIpc) is 2.79. The van der Waals surface area contributed by atoms with Gasteiger partial charge < -0.3 is 25.6 Å². The van der Waals surface area contributed by atoms with Gasteiger partial charge in [0.05, 0.1) is 12.7 Å². The number of amides is 2. The van der Waals surface area contributed by atoms with E-state index < -0.39 is 12.0 Å². The first-order valence-corrected chi connectivity index (χ1v) is 9.63. The number of aromatic carboxylic acids is 1. The highest BCUT2D eigenvalue weighted by molar-refractivity contribution is 6.04. The number of urea groups is 1. The number of hydrogen-bond donors (Lipinski definition) is 4. The van der Waals surface area contributed by atoms with Crippen LogP contribution in [0.4, 0.5) is 16.2 Å². The van der Waals surface area contributed by atoms with E-state index in [1.807, 2.05) is 12.1 Å². The third-order valence-electron chi connectivity index (χ3n) is 4.85. The van der Waals surface area contributed by atoms with Crippen molar-refractivity contribution >= 4 is 34.1 Å². The largest absolute Gasteiger partial charge is 0.507 e. The molecule has 4 rings (SSSR count). The molecule has 2 amide bonds. The SMILES string of the molecule is COc1ncc(-c2cccc(NC(=O)Nc3cccc(C(=O)O)c3)c2)c2c(O)cccc12. The fraction of sp³-hybridized carbons (Fsp3) is 0.0417. The third kappa shape index (κ3) is 4.15. The lowest BCUT2D eigenvalue weighted by atomic mass is 9.99. The lowest BCUT2D eigenvalue weighted by Gasteiger charge is -2.13. The predicted molar refractivity (Wildman–Crippen MR) is 121 cm³/mol. The molecule has 0 radical (unpaired) electrons. The number of aromatic hydroxyl groups is 1. The Hall–Kier alpha value is -4.59. The molecule has 8 heteroatoms. The van der Waals surface area contributed by atoms with E-state index in [-0.39, 0.29) is 11.3 Å². The number of nitrogens with one attached hydrogen (secondary N) is 2. The van der Waals surface area contributed by atoms with E-state index in [4.69, 9.17) is 9.84 Å². The van der Waals surface area contributed by atoms with Crippen molar-refractivity contribution in [1.29, 1.82) is 0 Å². The van der Waals surface area contributed by atoms with Gasteiger partial charge in [-0.3, -0.25) is 0 Å². The number of phenolic OH excluding ortho intramolecular Hbond substituents is 1. The van der Waals surface area contributed by atoms with Crippen molar-refractivity contribution in [3.05, 3.63) is 78.5 Å². The number of nitrogens with zero attached hydrogens (tertiary/aromatic N) is 1. The van der Waals surface area contributed by atoms with Crippen LogP contribution in [0, 0.1) is 0 Å². The molecule has 0 atom stereocenters. The molecular formula is C24H19N3O5. The first-order chi connectivity index (χ1) is 15.5. The Labute approximate surface area is 183 Å². The number of methoxy groups -OCH3 is 1. The molecule has 160 valence electrons. The maximum Gasteiger partial charge on any atom is 0.335 e. The zero-order valence-electron chi connectivity index (χ0n) is 17.0. The van der Waals surface area contributed by atoms with Crippen LogP contribution >= 0.6 is 0 Å². The van der Waals surface area contributed by atoms with E-state index in [9.17, 15) is 14.7 Å². The number of carbonyl (C=O) groups excluding carboxylic acids is 1. The lowest BCUT2D eigenvalue weighted by molar-refractivity contribution is 0.0697. The van der Waals surface area contributed by atoms with Crippen molar-refractivity contribution in [2.75, 3.05) is 17.7 Å². The number of phenols is 1. The number of carboxylic acid groups (broad SMARTS) is 1. The van der Waals surface area contributed by atoms with Gasteiger partial charge in [-0.25, -0.2) is 14.6 Å². The van der Waals surface area contributed by atoms with Gasteiger partial charge in [0.25, 0.3) is 0 Å². The van der Waals surface area contributed by atoms with Crippen LogP contribution in [0.25, 0.3) is 21.9 Å². The second-order valence-electron chi connectivity index (χ2n) is 6.93. The van der Waals surface area contributed by atoms with Crippen LogP contribution in [0.1, 0.15) is 10.4 Å². The Morgan fingerprint density at radius 2 is 1.62 bits per heavy atom. The second-order valence-corrected chi connectivity index (χ2v) is 6.93. The first kappa shape index (κ1) is 20.7. The Kier molecular flexibility index (Phi) is 5.59. The summed E-state index contributed by atoms with van der Waals surface area (Å²) in [7, 11) is 1.51. The molecule has 0 fully saturated rings. The number of benzene rings is 3. The van der Waals surface area contributed by atoms with E-state index in [0.29, 0.717) is 33.6 Å². The van der Waals surface area contributed by atoms with E-state index >= 15 is 0 Å². The maximum atomic E-state index is 12.4. The molecule has 32 heavy (non-hydrogen) atoms. The molecule has 0 aliphatic heterocycles. The summed E-state index contributed by atoms with van der Waals surface area (Å²) in [6.45, 7) is 0. The Bertz CT molecular complexity index is 1340. The Morgan fingerprint density at radius 1 is 0.938 bits per heavy atom. The molecular weight excluding hydrogens is 410 g/mol. The van der Waals surface area contributed by atoms with Crippen molar-refractivity contribution in [1.82, 2.24) is 4.98 Å². The summed E-state index contributed by atoms with van der Waals surface area (Å²) in [6, 6.07) is 17.6. The van der Waals surface area contributed by atoms with Crippen LogP contribution in [-0.2, 0) is 0 Å². The summed E-state index contributed by atoms with van der Waals surface area (Å²) in [4.78, 5) is 27.9. The van der Waals surface area contributed by atoms with Gasteiger partial charge in [-0.1, -0.05) is 24.3 Å². The Morgan fingerprint density at radius 3 is 2.34 bits per heavy atom. The monoisotopic (exact) mass is 429 g/mol. The lowest BCUT2D eigenvalue weighted by Crippen LogP contribution is -2.19. The van der Waals surface area contributed by atoms with Gasteiger partial charge in [0.1, 0.15) is 5.75 Å². The third-order valence-corrected chi connectivity index (χ3v) is 4.85. The van der Waals surface area contributed by atoms with Gasteiger partial charge in [0.15, 0.2) is 0 Å². The van der Waals surface area contributed by atoms with Gasteiger partial charge >= 0.3 is 12.0 Å². The number of ether oxygens (including phenoxy) is 1. The van der Waals surface area contributed by atoms with Gasteiger partial charge in [-0.2, -0.15) is 0 Å². The standard InChI is InChI=1S/C24H19N3O5/c1-32-22-18-9-4-10-20(28)21(18)19(13-25-22)14-5-2-7-16(11-14)26-24(31)27-17-8-3-6-15(12-17)23(29)30/h2-13,28H,1H3,(H,29,30)(H2,26,27,31). The number of hydrogen-bond acceptors (Lipinski definition) is 5. The molecule has 0 aliphatic rings. The normalized spacial score (nSPS) is 10.5. The van der Waals surface area contributed by atoms with Gasteiger partial charge in [0, 0.05) is 33.9 Å². The molecule has 4 aromatic rings. The number of carboxylic acids is 1. The minimum absolute atomic E-state index is 0.0727. The zero-order valence-corrected chi connectivity index (χ0v) is 17.0. The van der Waals surface area contributed by atoms with E-state index in [1.54, 1.807) is 48.7 Å². The number of pyridine rings is 1. The average molecular weight is 429 g/mol. The first-order valence-electron chi connectivity index (χ1n) is 9.63. The van der Waals surface area contributed by atoms with Gasteiger partial charge in [0.2, 0.25) is 5.88 Å². The van der Waals surface area contributed by atoms with Crippen LogP contribution in [0.2, 0.25) is 0 Å². The number of aromatic nitrogens is 1. The number of fused-ring (bicyclic) bond motifs is 1. The summed E-state index contributed by atoms with van der Waals surface area (Å²) < 4.78 is 5.31. The molecule has 0 bridgehead atoms. The summed E-state index contributed by atoms with van der Waals surface area (Å²) in [5, 5.41) is 26.2. The van der Waals surface area contributed by atoms with E-state index in [2.05, 4.69) is 15.6 Å². The number of carbonyl (C=O) groups is 2. The molecule has 0 spiro atoms. The molecule has 3 aromatic carbocycles. The van der Waals surface area contributed by atoms with Crippen LogP contribution in [0.3, 0.4) is 0 Å². The molecule has 4 N–H and O–H groups in total. The maximum absolute atomic E-state index is 12.4. The molecule has 0 aliphatic carbocycles. The molecule has 0 saturated heterocycles. The second kappa shape index (κ2) is 8.65. The van der Waals surface area contributed by atoms with Crippen molar-refractivity contribution in [3.63, 3.8) is 0 Å². The van der Waals surface area contributed by atoms with E-state index in [0.717, 1.165) is 5.56 Å². The highest BCUT2D eigenvalue weighted by atomic mass is 16.5. The number of anilines is 2. The molecule has 1 heterocycles. The molecule has 0 unspecified atom stereocenters. The smallest absolute Gasteiger partial charge is 0.335 e. The van der Waals surface area contributed by atoms with Crippen LogP contribution in [0.15, 0.2) is 72.9 Å². The van der Waals surface area contributed by atoms with Crippen LogP contribution < -0.4 is 15.4 Å². The van der Waals surface area contributed by atoms with E-state index in [1.165, 1.54) is 19.2 Å². The fourth-order valence-corrected chi connectivity index (χ4v) is 3.43. The zero-order chi connectivity index (χ0) is 22.7. The minimum Gasteiger partial charge on any atom is -0.507 e. The van der Waals surface area contributed by atoms with Gasteiger partial charge in [-0.05, 0) is 48.0 Å². The minimum atomic E-state index is -1.08. The highest BCUT2D eigenvalue weighted by Crippen LogP contribution is 2.38. The molecule has 0 saturated carbocycles. The predicted octanol–water partition coefficient (Wildman–Crippen LogP) is 4.96. The highest BCUT2D eigenvalue weighted by Gasteiger charge is 2.14. The summed E-state index contributed by atoms with van der Waals surface area (Å²) in [5.74, 6) is -0.588. The van der Waals surface area contributed by atoms with Crippen LogP contribution in [0.5, 0.6) is 11.6 Å². The summed E-state index contributed by atoms with van der Waals surface area (Å²) in [6.07, 6.45) is 1.61. The van der Waals surface area contributed by atoms with Crippen molar-refractivity contribution in [2.24, 2.45) is 0 Å². The number of rotatable bonds is 5. The summed E-state index contributed by atoms with van der Waals surface area (Å²) >= 11 is 0. The summed E-state index contributed by atoms with van der Waals surface area (Å²) in [5.41, 5.74) is 2.35. The Balaban J connectivity index is 1.62. The quantitative estimate of drug-likeness (QED) is 0.356. The van der Waals surface area contributed by atoms with Crippen LogP contribution in [-0.4, -0.2) is 34.3 Å².